The molecule has 13 heteroatoms. The highest BCUT2D eigenvalue weighted by atomic mass is 16.4. The molecule has 0 aromatic rings. The zero-order valence-corrected chi connectivity index (χ0v) is 11.2. The van der Waals surface area contributed by atoms with Crippen LogP contribution < -0.4 is 17.4 Å². The van der Waals surface area contributed by atoms with Crippen LogP contribution >= 0.6 is 0 Å². The normalized spacial score (nSPS) is 13.9. The van der Waals surface area contributed by atoms with Gasteiger partial charge in [0.2, 0.25) is 0 Å². The minimum Gasteiger partial charge on any atom is -0.481 e. The molecule has 0 bridgehead atoms. The highest BCUT2D eigenvalue weighted by molar-refractivity contribution is 5.88. The Morgan fingerprint density at radius 1 is 1.14 bits per heavy atom. The summed E-state index contributed by atoms with van der Waals surface area (Å²) in [5.41, 5.74) is 3.03. The summed E-state index contributed by atoms with van der Waals surface area (Å²) < 4.78 is 0. The maximum atomic E-state index is 10.3. The van der Waals surface area contributed by atoms with Crippen LogP contribution in [0.25, 0.3) is 0 Å². The van der Waals surface area contributed by atoms with E-state index in [2.05, 4.69) is 5.10 Å². The number of allylic oxidation sites excluding steroid dienone is 1. The third kappa shape index (κ3) is 6.51. The second kappa shape index (κ2) is 7.77. The van der Waals surface area contributed by atoms with Crippen molar-refractivity contribution in [1.29, 1.82) is 0 Å². The van der Waals surface area contributed by atoms with E-state index in [4.69, 9.17) is 37.8 Å². The second-order valence-corrected chi connectivity index (χ2v) is 4.05. The number of carbonyl (C=O) groups is 3. The lowest BCUT2D eigenvalue weighted by Crippen LogP contribution is -2.47. The highest BCUT2D eigenvalue weighted by Crippen LogP contribution is 2.15. The highest BCUT2D eigenvalue weighted by Gasteiger charge is 2.40. The van der Waals surface area contributed by atoms with E-state index < -0.39 is 36.4 Å². The van der Waals surface area contributed by atoms with Gasteiger partial charge in [-0.1, -0.05) is 0 Å². The van der Waals surface area contributed by atoms with E-state index in [1.165, 1.54) is 12.4 Å². The minimum absolute atomic E-state index is 0.471. The van der Waals surface area contributed by atoms with E-state index in [0.717, 1.165) is 10.3 Å². The Kier molecular flexibility index (Phi) is 6.75. The number of nitrogens with zero attached hydrogens (tertiary/aromatic N) is 3. The van der Waals surface area contributed by atoms with Crippen LogP contribution in [0.3, 0.4) is 0 Å². The molecule has 0 fully saturated rings. The predicted molar refractivity (Wildman–Crippen MR) is 69.9 cm³/mol. The molecule has 1 aliphatic rings. The van der Waals surface area contributed by atoms with E-state index in [0.29, 0.717) is 5.70 Å². The third-order valence-electron chi connectivity index (χ3n) is 2.13. The van der Waals surface area contributed by atoms with E-state index in [1.807, 2.05) is 0 Å². The van der Waals surface area contributed by atoms with Gasteiger partial charge in [0.15, 0.2) is 5.60 Å². The van der Waals surface area contributed by atoms with Crippen molar-refractivity contribution in [1.82, 2.24) is 10.3 Å². The van der Waals surface area contributed by atoms with Gasteiger partial charge in [-0.05, 0) is 0 Å². The molecular formula is C9H16N6O7. The fourth-order valence-corrected chi connectivity index (χ4v) is 1.14. The number of hydrogen-bond acceptors (Lipinski definition) is 10. The van der Waals surface area contributed by atoms with Crippen molar-refractivity contribution in [2.45, 2.75) is 18.4 Å². The summed E-state index contributed by atoms with van der Waals surface area (Å²) in [6.07, 6.45) is 0.569. The van der Waals surface area contributed by atoms with Crippen molar-refractivity contribution in [2.24, 2.45) is 22.5 Å². The van der Waals surface area contributed by atoms with Gasteiger partial charge in [0.1, 0.15) is 0 Å². The Hall–Kier alpha value is -2.90. The van der Waals surface area contributed by atoms with E-state index >= 15 is 0 Å². The molecule has 0 saturated carbocycles. The van der Waals surface area contributed by atoms with E-state index in [9.17, 15) is 14.4 Å². The third-order valence-corrected chi connectivity index (χ3v) is 2.13. The first-order valence-electron chi connectivity index (χ1n) is 5.47. The average Bonchev–Trinajstić information content (AvgIpc) is 2.32. The fourth-order valence-electron chi connectivity index (χ4n) is 1.14. The van der Waals surface area contributed by atoms with Crippen LogP contribution in [0, 0.1) is 0 Å². The summed E-state index contributed by atoms with van der Waals surface area (Å²) in [5, 5.41) is 39.4. The van der Waals surface area contributed by atoms with Crippen LogP contribution in [0.4, 0.5) is 0 Å². The van der Waals surface area contributed by atoms with Crippen LogP contribution in [0.15, 0.2) is 17.0 Å². The lowest BCUT2D eigenvalue weighted by Gasteiger charge is -2.24. The summed E-state index contributed by atoms with van der Waals surface area (Å²) in [6.45, 7) is 0. The van der Waals surface area contributed by atoms with Crippen LogP contribution in [0.2, 0.25) is 0 Å². The molecule has 0 radical (unpaired) electrons. The Balaban J connectivity index is 0.000000425. The van der Waals surface area contributed by atoms with Gasteiger partial charge in [-0.3, -0.25) is 9.59 Å². The topological polar surface area (TPSA) is 229 Å². The number of hydrazone groups is 1. The SMILES string of the molecule is NC1=CN(N)N(N)N=C1.O=C(O)CC(O)(CC(=O)O)C(=O)O. The zero-order chi connectivity index (χ0) is 17.5. The van der Waals surface area contributed by atoms with Crippen molar-refractivity contribution in [3.05, 3.63) is 11.9 Å². The lowest BCUT2D eigenvalue weighted by molar-refractivity contribution is -0.170. The van der Waals surface area contributed by atoms with Crippen LogP contribution in [0.5, 0.6) is 0 Å². The molecular weight excluding hydrogens is 304 g/mol. The number of aliphatic carboxylic acids is 3. The van der Waals surface area contributed by atoms with E-state index in [1.54, 1.807) is 0 Å². The molecule has 1 aliphatic heterocycles. The monoisotopic (exact) mass is 320 g/mol. The smallest absolute Gasteiger partial charge is 0.336 e. The number of hydrogen-bond donors (Lipinski definition) is 7. The summed E-state index contributed by atoms with van der Waals surface area (Å²) in [4.78, 5) is 30.5. The summed E-state index contributed by atoms with van der Waals surface area (Å²) in [6, 6.07) is 0. The first kappa shape index (κ1) is 19.1. The second-order valence-electron chi connectivity index (χ2n) is 4.05. The number of rotatable bonds is 5. The molecule has 0 aromatic carbocycles. The van der Waals surface area contributed by atoms with Gasteiger partial charge < -0.3 is 26.2 Å². The summed E-state index contributed by atoms with van der Waals surface area (Å²) in [7, 11) is 0. The Morgan fingerprint density at radius 2 is 1.59 bits per heavy atom. The number of carboxylic acids is 3. The standard InChI is InChI=1S/C6H8O7.C3H8N6/c7-3(8)1-6(13,5(11)12)2-4(9)10;4-3-1-7-9(6)8(5)2-3/h13H,1-2H2,(H,7,8)(H,9,10)(H,11,12);1-2H,4-6H2. The molecule has 124 valence electrons. The average molecular weight is 320 g/mol. The van der Waals surface area contributed by atoms with Crippen LogP contribution in [0.1, 0.15) is 12.8 Å². The number of hydrazine groups is 3. The quantitative estimate of drug-likeness (QED) is 0.248. The van der Waals surface area contributed by atoms with Gasteiger partial charge in [0.05, 0.1) is 31.0 Å². The molecule has 13 nitrogen and oxygen atoms in total. The van der Waals surface area contributed by atoms with Crippen molar-refractivity contribution in [2.75, 3.05) is 0 Å². The number of aliphatic hydroxyl groups is 1. The molecule has 0 amide bonds. The minimum atomic E-state index is -2.74. The molecule has 0 spiro atoms. The summed E-state index contributed by atoms with van der Waals surface area (Å²) >= 11 is 0. The van der Waals surface area contributed by atoms with Gasteiger partial charge in [0, 0.05) is 0 Å². The maximum absolute atomic E-state index is 10.3. The Labute approximate surface area is 123 Å². The maximum Gasteiger partial charge on any atom is 0.336 e. The molecule has 1 rings (SSSR count). The molecule has 22 heavy (non-hydrogen) atoms. The Bertz CT molecular complexity index is 489. The van der Waals surface area contributed by atoms with Gasteiger partial charge in [0.25, 0.3) is 0 Å². The Morgan fingerprint density at radius 3 is 1.86 bits per heavy atom. The van der Waals surface area contributed by atoms with Crippen molar-refractivity contribution in [3.8, 4) is 0 Å². The van der Waals surface area contributed by atoms with Gasteiger partial charge in [-0.15, -0.1) is 10.3 Å². The first-order chi connectivity index (χ1) is 9.97. The van der Waals surface area contributed by atoms with Crippen LogP contribution in [-0.4, -0.2) is 60.5 Å². The first-order valence-corrected chi connectivity index (χ1v) is 5.47. The fraction of sp³-hybridized carbons (Fsp3) is 0.333. The molecule has 0 aliphatic carbocycles. The van der Waals surface area contributed by atoms with Gasteiger partial charge in [-0.25, -0.2) is 16.5 Å². The molecule has 10 N–H and O–H groups in total. The van der Waals surface area contributed by atoms with E-state index in [-0.39, 0.29) is 0 Å². The number of nitrogens with two attached hydrogens (primary N) is 3. The van der Waals surface area contributed by atoms with Gasteiger partial charge in [-0.2, -0.15) is 5.12 Å². The van der Waals surface area contributed by atoms with Gasteiger partial charge >= 0.3 is 17.9 Å². The predicted octanol–water partition coefficient (Wildman–Crippen LogP) is -3.20. The summed E-state index contributed by atoms with van der Waals surface area (Å²) in [5.74, 6) is 5.39. The van der Waals surface area contributed by atoms with Crippen molar-refractivity contribution < 1.29 is 34.8 Å². The van der Waals surface area contributed by atoms with Crippen molar-refractivity contribution in [3.63, 3.8) is 0 Å². The molecule has 1 heterocycles. The molecule has 0 atom stereocenters. The van der Waals surface area contributed by atoms with Crippen molar-refractivity contribution >= 4 is 24.1 Å². The molecule has 0 saturated heterocycles. The molecule has 0 unspecified atom stereocenters. The number of carboxylic acid groups (broad SMARTS) is 3. The zero-order valence-electron chi connectivity index (χ0n) is 11.2. The molecule has 0 aromatic heterocycles. The van der Waals surface area contributed by atoms with Crippen LogP contribution in [-0.2, 0) is 14.4 Å². The lowest BCUT2D eigenvalue weighted by atomic mass is 9.96. The largest absolute Gasteiger partial charge is 0.481 e.